The van der Waals surface area contributed by atoms with Crippen molar-refractivity contribution < 1.29 is 19.1 Å². The smallest absolute Gasteiger partial charge is 0.261 e. The standard InChI is InChI=1S/C21H24N2O4/c1-26-14-15-13-16(22)9-10-19(15)27-12-6-2-5-11-23-20(24)17-7-3-4-8-18(17)21(23)25/h3-4,7-10,13H,2,5-6,11-12,14,22H2,1H3. The number of imide groups is 1. The molecule has 0 radical (unpaired) electrons. The molecule has 1 heterocycles. The zero-order chi connectivity index (χ0) is 19.2. The summed E-state index contributed by atoms with van der Waals surface area (Å²) >= 11 is 0. The number of nitrogens with two attached hydrogens (primary N) is 1. The van der Waals surface area contributed by atoms with E-state index in [1.807, 2.05) is 12.1 Å². The van der Waals surface area contributed by atoms with Crippen molar-refractivity contribution in [2.24, 2.45) is 0 Å². The Bertz CT molecular complexity index is 800. The predicted molar refractivity (Wildman–Crippen MR) is 103 cm³/mol. The van der Waals surface area contributed by atoms with E-state index in [0.29, 0.717) is 36.6 Å². The molecule has 2 amide bonds. The van der Waals surface area contributed by atoms with Gasteiger partial charge in [-0.3, -0.25) is 14.5 Å². The summed E-state index contributed by atoms with van der Waals surface area (Å²) in [7, 11) is 1.63. The minimum Gasteiger partial charge on any atom is -0.493 e. The number of nitrogen functional groups attached to an aromatic ring is 1. The van der Waals surface area contributed by atoms with Crippen LogP contribution < -0.4 is 10.5 Å². The molecule has 2 aromatic carbocycles. The second-order valence-electron chi connectivity index (χ2n) is 6.52. The van der Waals surface area contributed by atoms with E-state index in [-0.39, 0.29) is 11.8 Å². The maximum absolute atomic E-state index is 12.3. The van der Waals surface area contributed by atoms with Crippen molar-refractivity contribution in [1.82, 2.24) is 4.90 Å². The topological polar surface area (TPSA) is 81.9 Å². The molecule has 1 aliphatic rings. The number of benzene rings is 2. The number of nitrogens with zero attached hydrogens (tertiary/aromatic N) is 1. The van der Waals surface area contributed by atoms with Gasteiger partial charge < -0.3 is 15.2 Å². The highest BCUT2D eigenvalue weighted by Crippen LogP contribution is 2.24. The molecule has 0 atom stereocenters. The quantitative estimate of drug-likeness (QED) is 0.417. The molecule has 0 spiro atoms. The normalized spacial score (nSPS) is 13.1. The van der Waals surface area contributed by atoms with E-state index >= 15 is 0 Å². The van der Waals surface area contributed by atoms with Gasteiger partial charge in [0.15, 0.2) is 0 Å². The second-order valence-corrected chi connectivity index (χ2v) is 6.52. The minimum absolute atomic E-state index is 0.196. The van der Waals surface area contributed by atoms with Crippen molar-refractivity contribution in [3.63, 3.8) is 0 Å². The van der Waals surface area contributed by atoms with Crippen LogP contribution >= 0.6 is 0 Å². The maximum atomic E-state index is 12.3. The highest BCUT2D eigenvalue weighted by molar-refractivity contribution is 6.21. The molecular formula is C21H24N2O4. The third-order valence-electron chi connectivity index (χ3n) is 4.55. The van der Waals surface area contributed by atoms with Crippen LogP contribution in [0, 0.1) is 0 Å². The van der Waals surface area contributed by atoms with Crippen molar-refractivity contribution in [3.05, 3.63) is 59.2 Å². The number of carbonyl (C=O) groups is 2. The molecule has 142 valence electrons. The van der Waals surface area contributed by atoms with Gasteiger partial charge in [-0.1, -0.05) is 12.1 Å². The third-order valence-corrected chi connectivity index (χ3v) is 4.55. The Morgan fingerprint density at radius 2 is 1.67 bits per heavy atom. The number of methoxy groups -OCH3 is 1. The lowest BCUT2D eigenvalue weighted by atomic mass is 10.1. The van der Waals surface area contributed by atoms with Crippen molar-refractivity contribution in [1.29, 1.82) is 0 Å². The molecule has 0 bridgehead atoms. The molecular weight excluding hydrogens is 344 g/mol. The summed E-state index contributed by atoms with van der Waals surface area (Å²) in [4.78, 5) is 25.9. The fraction of sp³-hybridized carbons (Fsp3) is 0.333. The van der Waals surface area contributed by atoms with Crippen LogP contribution in [0.5, 0.6) is 5.75 Å². The summed E-state index contributed by atoms with van der Waals surface area (Å²) in [6.45, 7) is 1.44. The van der Waals surface area contributed by atoms with Gasteiger partial charge in [0.2, 0.25) is 0 Å². The summed E-state index contributed by atoms with van der Waals surface area (Å²) < 4.78 is 11.0. The molecule has 3 rings (SSSR count). The number of carbonyl (C=O) groups excluding carboxylic acids is 2. The summed E-state index contributed by atoms with van der Waals surface area (Å²) in [6, 6.07) is 12.5. The third kappa shape index (κ3) is 4.28. The van der Waals surface area contributed by atoms with Gasteiger partial charge >= 0.3 is 0 Å². The Labute approximate surface area is 158 Å². The number of hydrogen-bond donors (Lipinski definition) is 1. The number of ether oxygens (including phenoxy) is 2. The van der Waals surface area contributed by atoms with Crippen LogP contribution in [0.2, 0.25) is 0 Å². The molecule has 6 heteroatoms. The fourth-order valence-corrected chi connectivity index (χ4v) is 3.18. The van der Waals surface area contributed by atoms with Gasteiger partial charge in [0, 0.05) is 24.9 Å². The summed E-state index contributed by atoms with van der Waals surface area (Å²) in [5, 5.41) is 0. The van der Waals surface area contributed by atoms with Gasteiger partial charge in [0.1, 0.15) is 5.75 Å². The molecule has 2 N–H and O–H groups in total. The van der Waals surface area contributed by atoms with Crippen LogP contribution in [0.4, 0.5) is 5.69 Å². The number of fused-ring (bicyclic) bond motifs is 1. The lowest BCUT2D eigenvalue weighted by Gasteiger charge is -2.14. The van der Waals surface area contributed by atoms with E-state index in [0.717, 1.165) is 30.6 Å². The van der Waals surface area contributed by atoms with E-state index in [2.05, 4.69) is 0 Å². The summed E-state index contributed by atoms with van der Waals surface area (Å²) in [5.41, 5.74) is 8.39. The number of anilines is 1. The van der Waals surface area contributed by atoms with Crippen molar-refractivity contribution in [2.45, 2.75) is 25.9 Å². The lowest BCUT2D eigenvalue weighted by molar-refractivity contribution is 0.0651. The van der Waals surface area contributed by atoms with Crippen molar-refractivity contribution in [3.8, 4) is 5.75 Å². The van der Waals surface area contributed by atoms with Gasteiger partial charge in [0.05, 0.1) is 24.3 Å². The maximum Gasteiger partial charge on any atom is 0.261 e. The Kier molecular flexibility index (Phi) is 6.08. The number of hydrogen-bond acceptors (Lipinski definition) is 5. The van der Waals surface area contributed by atoms with Crippen molar-refractivity contribution in [2.75, 3.05) is 26.0 Å². The zero-order valence-corrected chi connectivity index (χ0v) is 15.4. The molecule has 2 aromatic rings. The average Bonchev–Trinajstić information content (AvgIpc) is 2.91. The van der Waals surface area contributed by atoms with Gasteiger partial charge in [-0.05, 0) is 49.6 Å². The number of rotatable bonds is 9. The van der Waals surface area contributed by atoms with Crippen LogP contribution in [0.1, 0.15) is 45.5 Å². The first-order valence-corrected chi connectivity index (χ1v) is 9.07. The van der Waals surface area contributed by atoms with E-state index in [9.17, 15) is 9.59 Å². The number of amides is 2. The van der Waals surface area contributed by atoms with Crippen LogP contribution in [0.3, 0.4) is 0 Å². The van der Waals surface area contributed by atoms with Gasteiger partial charge in [-0.2, -0.15) is 0 Å². The molecule has 1 aliphatic heterocycles. The monoisotopic (exact) mass is 368 g/mol. The summed E-state index contributed by atoms with van der Waals surface area (Å²) in [6.07, 6.45) is 2.45. The van der Waals surface area contributed by atoms with E-state index in [1.54, 1.807) is 37.4 Å². The molecule has 27 heavy (non-hydrogen) atoms. The Morgan fingerprint density at radius 1 is 0.963 bits per heavy atom. The Morgan fingerprint density at radius 3 is 2.33 bits per heavy atom. The molecule has 0 saturated carbocycles. The van der Waals surface area contributed by atoms with Gasteiger partial charge in [0.25, 0.3) is 11.8 Å². The first kappa shape index (κ1) is 18.9. The predicted octanol–water partition coefficient (Wildman–Crippen LogP) is 3.26. The Hall–Kier alpha value is -2.86. The molecule has 0 saturated heterocycles. The Balaban J connectivity index is 1.42. The minimum atomic E-state index is -0.196. The highest BCUT2D eigenvalue weighted by atomic mass is 16.5. The average molecular weight is 368 g/mol. The SMILES string of the molecule is COCc1cc(N)ccc1OCCCCCN1C(=O)c2ccccc2C1=O. The van der Waals surface area contributed by atoms with Crippen LogP contribution in [-0.2, 0) is 11.3 Å². The van der Waals surface area contributed by atoms with Crippen molar-refractivity contribution >= 4 is 17.5 Å². The first-order chi connectivity index (χ1) is 13.1. The van der Waals surface area contributed by atoms with Gasteiger partial charge in [-0.25, -0.2) is 0 Å². The molecule has 0 unspecified atom stereocenters. The second kappa shape index (κ2) is 8.68. The molecule has 0 aliphatic carbocycles. The summed E-state index contributed by atoms with van der Waals surface area (Å²) in [5.74, 6) is 0.377. The van der Waals surface area contributed by atoms with Crippen LogP contribution in [0.15, 0.2) is 42.5 Å². The van der Waals surface area contributed by atoms with E-state index in [4.69, 9.17) is 15.2 Å². The van der Waals surface area contributed by atoms with Crippen LogP contribution in [-0.4, -0.2) is 37.0 Å². The first-order valence-electron chi connectivity index (χ1n) is 9.07. The lowest BCUT2D eigenvalue weighted by Crippen LogP contribution is -2.30. The highest BCUT2D eigenvalue weighted by Gasteiger charge is 2.34. The van der Waals surface area contributed by atoms with Gasteiger partial charge in [-0.15, -0.1) is 0 Å². The molecule has 0 aromatic heterocycles. The van der Waals surface area contributed by atoms with E-state index < -0.39 is 0 Å². The number of unbranched alkanes of at least 4 members (excludes halogenated alkanes) is 2. The zero-order valence-electron chi connectivity index (χ0n) is 15.4. The molecule has 6 nitrogen and oxygen atoms in total. The molecule has 0 fully saturated rings. The van der Waals surface area contributed by atoms with E-state index in [1.165, 1.54) is 4.90 Å². The fourth-order valence-electron chi connectivity index (χ4n) is 3.18. The van der Waals surface area contributed by atoms with Crippen LogP contribution in [0.25, 0.3) is 0 Å². The largest absolute Gasteiger partial charge is 0.493 e.